The van der Waals surface area contributed by atoms with Crippen molar-refractivity contribution in [3.8, 4) is 0 Å². The van der Waals surface area contributed by atoms with Crippen molar-refractivity contribution in [2.75, 3.05) is 17.2 Å². The van der Waals surface area contributed by atoms with Gasteiger partial charge in [-0.05, 0) is 55.9 Å². The van der Waals surface area contributed by atoms with Gasteiger partial charge in [0.2, 0.25) is 17.7 Å². The first-order valence-corrected chi connectivity index (χ1v) is 14.4. The summed E-state index contributed by atoms with van der Waals surface area (Å²) in [6.45, 7) is 9.35. The van der Waals surface area contributed by atoms with Crippen molar-refractivity contribution in [1.29, 1.82) is 0 Å². The highest BCUT2D eigenvalue weighted by Gasteiger charge is 2.80. The monoisotopic (exact) mass is 567 g/mol. The van der Waals surface area contributed by atoms with E-state index in [9.17, 15) is 19.5 Å². The summed E-state index contributed by atoms with van der Waals surface area (Å²) in [4.78, 5) is 44.2. The third-order valence-electron chi connectivity index (χ3n) is 9.64. The number of nitrogens with zero attached hydrogens (tertiary/aromatic N) is 1. The molecule has 3 unspecified atom stereocenters. The first-order chi connectivity index (χ1) is 19.0. The predicted molar refractivity (Wildman–Crippen MR) is 154 cm³/mol. The van der Waals surface area contributed by atoms with Crippen molar-refractivity contribution < 1.29 is 24.2 Å². The molecule has 3 N–H and O–H groups in total. The van der Waals surface area contributed by atoms with Gasteiger partial charge in [-0.25, -0.2) is 0 Å². The van der Waals surface area contributed by atoms with E-state index in [1.54, 1.807) is 24.3 Å². The van der Waals surface area contributed by atoms with Crippen LogP contribution < -0.4 is 10.6 Å². The van der Waals surface area contributed by atoms with Crippen LogP contribution in [0.2, 0.25) is 5.02 Å². The first kappa shape index (κ1) is 28.6. The Morgan fingerprint density at radius 1 is 1.15 bits per heavy atom. The van der Waals surface area contributed by atoms with Crippen LogP contribution in [0.1, 0.15) is 46.1 Å². The lowest BCUT2D eigenvalue weighted by atomic mass is 9.62. The summed E-state index contributed by atoms with van der Waals surface area (Å²) in [5.74, 6) is -2.97. The Hall–Kier alpha value is -2.94. The number of halogens is 1. The average Bonchev–Trinajstić information content (AvgIpc) is 3.44. The molecule has 0 aromatic heterocycles. The highest BCUT2D eigenvalue weighted by molar-refractivity contribution is 6.34. The summed E-state index contributed by atoms with van der Waals surface area (Å²) >= 11 is 6.46. The molecule has 3 heterocycles. The van der Waals surface area contributed by atoms with Gasteiger partial charge in [0.15, 0.2) is 0 Å². The Kier molecular flexibility index (Phi) is 7.48. The lowest BCUT2D eigenvalue weighted by molar-refractivity contribution is -0.149. The minimum atomic E-state index is -1.23. The quantitative estimate of drug-likeness (QED) is 0.430. The van der Waals surface area contributed by atoms with Crippen LogP contribution in [0.15, 0.2) is 48.5 Å². The van der Waals surface area contributed by atoms with Crippen molar-refractivity contribution in [2.45, 2.75) is 70.7 Å². The van der Waals surface area contributed by atoms with Crippen LogP contribution in [0.4, 0.5) is 11.4 Å². The molecule has 8 nitrogen and oxygen atoms in total. The molecule has 3 fully saturated rings. The van der Waals surface area contributed by atoms with Crippen LogP contribution in [-0.4, -0.2) is 57.6 Å². The summed E-state index contributed by atoms with van der Waals surface area (Å²) in [5.41, 5.74) is -0.308. The summed E-state index contributed by atoms with van der Waals surface area (Å²) < 4.78 is 6.80. The third-order valence-corrected chi connectivity index (χ3v) is 9.95. The maximum absolute atomic E-state index is 14.5. The highest BCUT2D eigenvalue weighted by Crippen LogP contribution is 2.65. The van der Waals surface area contributed by atoms with Gasteiger partial charge in [-0.3, -0.25) is 14.4 Å². The van der Waals surface area contributed by atoms with Crippen LogP contribution in [0.3, 0.4) is 0 Å². The van der Waals surface area contributed by atoms with E-state index in [4.69, 9.17) is 16.3 Å². The Morgan fingerprint density at radius 2 is 1.85 bits per heavy atom. The van der Waals surface area contributed by atoms with E-state index in [0.717, 1.165) is 5.56 Å². The van der Waals surface area contributed by atoms with Crippen LogP contribution in [0, 0.1) is 30.6 Å². The number of aliphatic hydroxyl groups is 1. The molecular weight excluding hydrogens is 530 g/mol. The molecule has 3 aliphatic heterocycles. The number of para-hydroxylation sites is 2. The molecule has 3 aliphatic rings. The summed E-state index contributed by atoms with van der Waals surface area (Å²) in [5, 5.41) is 16.9. The standard InChI is InChI=1S/C31H38ClN3O5/c1-6-17(2)22(16-36)35-26(28(38)34-25-18(3)11-10-14-21(25)32)31-15-19(4)30(5,40-31)23(24(31)29(35)39)27(37)33-20-12-8-7-9-13-20/h7-14,17,19,22-24,26,36H,6,15-16H2,1-5H3,(H,33,37)(H,34,38)/t17-,19?,22-,23-,24-,26?,30+,31?/m0/s1. The molecule has 1 spiro atoms. The largest absolute Gasteiger partial charge is 0.394 e. The van der Waals surface area contributed by atoms with Crippen molar-refractivity contribution in [3.63, 3.8) is 0 Å². The zero-order valence-corrected chi connectivity index (χ0v) is 24.4. The van der Waals surface area contributed by atoms with Crippen LogP contribution in [-0.2, 0) is 19.1 Å². The second kappa shape index (κ2) is 10.5. The molecule has 214 valence electrons. The van der Waals surface area contributed by atoms with Gasteiger partial charge in [0.05, 0.1) is 40.8 Å². The number of hydrogen-bond acceptors (Lipinski definition) is 5. The minimum Gasteiger partial charge on any atom is -0.394 e. The molecule has 0 aliphatic carbocycles. The molecule has 5 rings (SSSR count). The van der Waals surface area contributed by atoms with Crippen LogP contribution in [0.5, 0.6) is 0 Å². The van der Waals surface area contributed by atoms with Crippen molar-refractivity contribution in [2.24, 2.45) is 23.7 Å². The van der Waals surface area contributed by atoms with Gasteiger partial charge in [-0.1, -0.05) is 69.1 Å². The van der Waals surface area contributed by atoms with Crippen LogP contribution >= 0.6 is 11.6 Å². The normalized spacial score (nSPS) is 32.1. The zero-order valence-electron chi connectivity index (χ0n) is 23.6. The molecule has 3 amide bonds. The van der Waals surface area contributed by atoms with E-state index in [2.05, 4.69) is 10.6 Å². The molecule has 2 aromatic rings. The number of aliphatic hydroxyl groups excluding tert-OH is 1. The molecule has 2 aromatic carbocycles. The number of rotatable bonds is 8. The van der Waals surface area contributed by atoms with Gasteiger partial charge in [0, 0.05) is 5.69 Å². The van der Waals surface area contributed by atoms with Gasteiger partial charge >= 0.3 is 0 Å². The average molecular weight is 568 g/mol. The molecule has 0 radical (unpaired) electrons. The SMILES string of the molecule is CC[C@H](C)[C@H](CO)N1C(=O)[C@@H]2[C@@H](C(=O)Nc3ccccc3)[C@]3(C)OC2(CC3C)C1C(=O)Nc1c(C)cccc1Cl. The lowest BCUT2D eigenvalue weighted by Gasteiger charge is -2.39. The fraction of sp³-hybridized carbons (Fsp3) is 0.516. The van der Waals surface area contributed by atoms with Gasteiger partial charge < -0.3 is 25.4 Å². The molecule has 40 heavy (non-hydrogen) atoms. The molecule has 3 saturated heterocycles. The fourth-order valence-electron chi connectivity index (χ4n) is 7.27. The predicted octanol–water partition coefficient (Wildman–Crippen LogP) is 4.64. The number of benzene rings is 2. The second-order valence-corrected chi connectivity index (χ2v) is 12.3. The van der Waals surface area contributed by atoms with E-state index in [1.165, 1.54) is 4.90 Å². The van der Waals surface area contributed by atoms with Crippen LogP contribution in [0.25, 0.3) is 0 Å². The number of carbonyl (C=O) groups excluding carboxylic acids is 3. The molecule has 0 saturated carbocycles. The Labute approximate surface area is 240 Å². The summed E-state index contributed by atoms with van der Waals surface area (Å²) in [6, 6.07) is 12.8. The summed E-state index contributed by atoms with van der Waals surface area (Å²) in [7, 11) is 0. The molecular formula is C31H38ClN3O5. The maximum atomic E-state index is 14.5. The second-order valence-electron chi connectivity index (χ2n) is 11.9. The Balaban J connectivity index is 1.61. The number of anilines is 2. The molecule has 2 bridgehead atoms. The van der Waals surface area contributed by atoms with Crippen molar-refractivity contribution in [3.05, 3.63) is 59.1 Å². The van der Waals surface area contributed by atoms with Gasteiger partial charge in [0.1, 0.15) is 11.6 Å². The Bertz CT molecular complexity index is 1300. The number of fused-ring (bicyclic) bond motifs is 1. The van der Waals surface area contributed by atoms with E-state index in [0.29, 0.717) is 29.2 Å². The lowest BCUT2D eigenvalue weighted by Crippen LogP contribution is -2.57. The zero-order chi connectivity index (χ0) is 29.0. The number of carbonyl (C=O) groups is 3. The van der Waals surface area contributed by atoms with Crippen molar-refractivity contribution in [1.82, 2.24) is 4.90 Å². The third kappa shape index (κ3) is 4.23. The van der Waals surface area contributed by atoms with Gasteiger partial charge in [-0.2, -0.15) is 0 Å². The minimum absolute atomic E-state index is 0.0941. The topological polar surface area (TPSA) is 108 Å². The number of likely N-dealkylation sites (tertiary alicyclic amines) is 1. The number of nitrogens with one attached hydrogen (secondary N) is 2. The maximum Gasteiger partial charge on any atom is 0.250 e. The number of hydrogen-bond donors (Lipinski definition) is 3. The first-order valence-electron chi connectivity index (χ1n) is 14.0. The van der Waals surface area contributed by atoms with E-state index >= 15 is 0 Å². The highest BCUT2D eigenvalue weighted by atomic mass is 35.5. The van der Waals surface area contributed by atoms with Gasteiger partial charge in [0.25, 0.3) is 0 Å². The number of amides is 3. The molecule has 9 heteroatoms. The Morgan fingerprint density at radius 3 is 2.48 bits per heavy atom. The smallest absolute Gasteiger partial charge is 0.250 e. The van der Waals surface area contributed by atoms with E-state index < -0.39 is 41.0 Å². The van der Waals surface area contributed by atoms with E-state index in [1.807, 2.05) is 58.9 Å². The summed E-state index contributed by atoms with van der Waals surface area (Å²) in [6.07, 6.45) is 1.13. The van der Waals surface area contributed by atoms with E-state index in [-0.39, 0.29) is 30.3 Å². The molecule has 8 atom stereocenters. The number of ether oxygens (including phenoxy) is 1. The van der Waals surface area contributed by atoms with Crippen molar-refractivity contribution >= 4 is 40.7 Å². The fourth-order valence-corrected chi connectivity index (χ4v) is 7.54. The van der Waals surface area contributed by atoms with Gasteiger partial charge in [-0.15, -0.1) is 0 Å². The number of aryl methyl sites for hydroxylation is 1.